The predicted molar refractivity (Wildman–Crippen MR) is 139 cm³/mol. The van der Waals surface area contributed by atoms with Gasteiger partial charge in [-0.05, 0) is 22.8 Å². The van der Waals surface area contributed by atoms with Gasteiger partial charge in [-0.25, -0.2) is 8.42 Å². The van der Waals surface area contributed by atoms with Crippen LogP contribution < -0.4 is 0 Å². The molecule has 0 radical (unpaired) electrons. The SMILES string of the molecule is O=S(=O)(C=Cc1ccccc1)N1CCN(CC(O)COC(c2ccccc2)c2ccccc2)CC1. The second-order valence-corrected chi connectivity index (χ2v) is 10.5. The monoisotopic (exact) mass is 492 g/mol. The van der Waals surface area contributed by atoms with Crippen LogP contribution in [0.25, 0.3) is 6.08 Å². The quantitative estimate of drug-likeness (QED) is 0.467. The van der Waals surface area contributed by atoms with Gasteiger partial charge in [0.2, 0.25) is 10.0 Å². The molecule has 0 aromatic heterocycles. The number of sulfonamides is 1. The van der Waals surface area contributed by atoms with Crippen molar-refractivity contribution < 1.29 is 18.3 Å². The molecule has 1 aliphatic heterocycles. The molecule has 0 aliphatic carbocycles. The van der Waals surface area contributed by atoms with Crippen molar-refractivity contribution >= 4 is 16.1 Å². The average molecular weight is 493 g/mol. The van der Waals surface area contributed by atoms with Gasteiger partial charge < -0.3 is 9.84 Å². The normalized spacial score (nSPS) is 16.6. The highest BCUT2D eigenvalue weighted by Crippen LogP contribution is 2.26. The lowest BCUT2D eigenvalue weighted by atomic mass is 10.0. The summed E-state index contributed by atoms with van der Waals surface area (Å²) < 4.78 is 33.0. The van der Waals surface area contributed by atoms with E-state index in [2.05, 4.69) is 4.90 Å². The summed E-state index contributed by atoms with van der Waals surface area (Å²) >= 11 is 0. The minimum absolute atomic E-state index is 0.187. The first-order valence-electron chi connectivity index (χ1n) is 11.9. The van der Waals surface area contributed by atoms with Gasteiger partial charge in [0.1, 0.15) is 6.10 Å². The average Bonchev–Trinajstić information content (AvgIpc) is 2.90. The molecule has 184 valence electrons. The Bertz CT molecular complexity index is 1120. The second kappa shape index (κ2) is 12.2. The van der Waals surface area contributed by atoms with Crippen molar-refractivity contribution in [3.8, 4) is 0 Å². The molecule has 35 heavy (non-hydrogen) atoms. The van der Waals surface area contributed by atoms with E-state index in [4.69, 9.17) is 4.74 Å². The van der Waals surface area contributed by atoms with Gasteiger partial charge in [0.25, 0.3) is 0 Å². The Kier molecular flexibility index (Phi) is 8.84. The molecular formula is C28H32N2O4S. The Hall–Kier alpha value is -2.81. The summed E-state index contributed by atoms with van der Waals surface area (Å²) in [5.41, 5.74) is 2.92. The van der Waals surface area contributed by atoms with Crippen LogP contribution in [0.1, 0.15) is 22.8 Å². The molecule has 6 nitrogen and oxygen atoms in total. The topological polar surface area (TPSA) is 70.1 Å². The molecule has 1 N–H and O–H groups in total. The zero-order valence-corrected chi connectivity index (χ0v) is 20.5. The standard InChI is InChI=1S/C28H32N2O4S/c31-27(23-34-28(25-12-6-2-7-13-25)26-14-8-3-9-15-26)22-29-17-19-30(20-18-29)35(32,33)21-16-24-10-4-1-5-11-24/h1-16,21,27-28,31H,17-20,22-23H2. The maximum absolute atomic E-state index is 12.7. The number of β-amino-alcohol motifs (C(OH)–C–C–N with tert-alkyl or cyclic N) is 1. The van der Waals surface area contributed by atoms with Crippen molar-refractivity contribution in [2.45, 2.75) is 12.2 Å². The Morgan fingerprint density at radius 2 is 1.31 bits per heavy atom. The minimum atomic E-state index is -3.48. The van der Waals surface area contributed by atoms with E-state index in [1.807, 2.05) is 91.0 Å². The first-order chi connectivity index (χ1) is 17.0. The number of rotatable bonds is 10. The van der Waals surface area contributed by atoms with Crippen LogP contribution in [0.3, 0.4) is 0 Å². The smallest absolute Gasteiger partial charge is 0.236 e. The molecule has 0 spiro atoms. The molecule has 0 amide bonds. The summed E-state index contributed by atoms with van der Waals surface area (Å²) in [4.78, 5) is 2.08. The van der Waals surface area contributed by atoms with Gasteiger partial charge in [0.05, 0.1) is 12.7 Å². The number of nitrogens with zero attached hydrogens (tertiary/aromatic N) is 2. The van der Waals surface area contributed by atoms with E-state index in [0.29, 0.717) is 32.7 Å². The highest BCUT2D eigenvalue weighted by Gasteiger charge is 2.26. The zero-order chi connectivity index (χ0) is 24.5. The van der Waals surface area contributed by atoms with Crippen molar-refractivity contribution in [3.05, 3.63) is 113 Å². The van der Waals surface area contributed by atoms with E-state index in [9.17, 15) is 13.5 Å². The Balaban J connectivity index is 1.28. The van der Waals surface area contributed by atoms with Gasteiger partial charge in [-0.15, -0.1) is 0 Å². The number of piperazine rings is 1. The number of hydrogen-bond donors (Lipinski definition) is 1. The number of ether oxygens (including phenoxy) is 1. The molecule has 0 saturated carbocycles. The second-order valence-electron chi connectivity index (χ2n) is 8.65. The third-order valence-electron chi connectivity index (χ3n) is 6.05. The molecular weight excluding hydrogens is 460 g/mol. The molecule has 7 heteroatoms. The van der Waals surface area contributed by atoms with Gasteiger partial charge in [-0.2, -0.15) is 4.31 Å². The lowest BCUT2D eigenvalue weighted by Gasteiger charge is -2.34. The van der Waals surface area contributed by atoms with Gasteiger partial charge in [0.15, 0.2) is 0 Å². The van der Waals surface area contributed by atoms with Crippen LogP contribution in [0.5, 0.6) is 0 Å². The number of aliphatic hydroxyl groups is 1. The fraction of sp³-hybridized carbons (Fsp3) is 0.286. The molecule has 3 aromatic rings. The summed E-state index contributed by atoms with van der Waals surface area (Å²) in [6.45, 7) is 2.54. The van der Waals surface area contributed by atoms with E-state index in [-0.39, 0.29) is 12.7 Å². The van der Waals surface area contributed by atoms with Crippen LogP contribution in [0.4, 0.5) is 0 Å². The first-order valence-corrected chi connectivity index (χ1v) is 13.4. The highest BCUT2D eigenvalue weighted by molar-refractivity contribution is 7.92. The Labute approximate surface area is 208 Å². The van der Waals surface area contributed by atoms with Crippen LogP contribution in [0.15, 0.2) is 96.4 Å². The van der Waals surface area contributed by atoms with Crippen LogP contribution >= 0.6 is 0 Å². The zero-order valence-electron chi connectivity index (χ0n) is 19.7. The Morgan fingerprint density at radius 3 is 1.86 bits per heavy atom. The molecule has 1 atom stereocenters. The summed E-state index contributed by atoms with van der Waals surface area (Å²) in [6.07, 6.45) is 0.690. The summed E-state index contributed by atoms with van der Waals surface area (Å²) in [5, 5.41) is 11.9. The summed E-state index contributed by atoms with van der Waals surface area (Å²) in [7, 11) is -3.48. The molecule has 1 heterocycles. The van der Waals surface area contributed by atoms with Gasteiger partial charge in [-0.3, -0.25) is 4.90 Å². The lowest BCUT2D eigenvalue weighted by Crippen LogP contribution is -2.50. The fourth-order valence-corrected chi connectivity index (χ4v) is 5.35. The van der Waals surface area contributed by atoms with Crippen LogP contribution in [0.2, 0.25) is 0 Å². The fourth-order valence-electron chi connectivity index (χ4n) is 4.18. The number of aliphatic hydroxyl groups excluding tert-OH is 1. The summed E-state index contributed by atoms with van der Waals surface area (Å²) in [5.74, 6) is 0. The van der Waals surface area contributed by atoms with E-state index >= 15 is 0 Å². The lowest BCUT2D eigenvalue weighted by molar-refractivity contribution is -0.0116. The minimum Gasteiger partial charge on any atom is -0.389 e. The maximum atomic E-state index is 12.7. The van der Waals surface area contributed by atoms with Crippen LogP contribution in [-0.2, 0) is 14.8 Å². The van der Waals surface area contributed by atoms with E-state index < -0.39 is 16.1 Å². The van der Waals surface area contributed by atoms with Gasteiger partial charge in [0, 0.05) is 38.1 Å². The first kappa shape index (κ1) is 25.3. The highest BCUT2D eigenvalue weighted by atomic mass is 32.2. The largest absolute Gasteiger partial charge is 0.389 e. The van der Waals surface area contributed by atoms with Crippen LogP contribution in [0, 0.1) is 0 Å². The van der Waals surface area contributed by atoms with Gasteiger partial charge >= 0.3 is 0 Å². The predicted octanol–water partition coefficient (Wildman–Crippen LogP) is 3.77. The van der Waals surface area contributed by atoms with Crippen LogP contribution in [-0.4, -0.2) is 68.2 Å². The summed E-state index contributed by atoms with van der Waals surface area (Å²) in [6, 6.07) is 29.3. The van der Waals surface area contributed by atoms with Crippen molar-refractivity contribution in [1.29, 1.82) is 0 Å². The van der Waals surface area contributed by atoms with E-state index in [0.717, 1.165) is 16.7 Å². The number of hydrogen-bond acceptors (Lipinski definition) is 5. The molecule has 0 bridgehead atoms. The number of benzene rings is 3. The molecule has 1 fully saturated rings. The van der Waals surface area contributed by atoms with Crippen molar-refractivity contribution in [1.82, 2.24) is 9.21 Å². The molecule has 1 aliphatic rings. The third kappa shape index (κ3) is 7.34. The molecule has 1 saturated heterocycles. The van der Waals surface area contributed by atoms with Crippen molar-refractivity contribution in [2.75, 3.05) is 39.3 Å². The van der Waals surface area contributed by atoms with Gasteiger partial charge in [-0.1, -0.05) is 91.0 Å². The molecule has 3 aromatic carbocycles. The maximum Gasteiger partial charge on any atom is 0.236 e. The van der Waals surface area contributed by atoms with Crippen molar-refractivity contribution in [3.63, 3.8) is 0 Å². The van der Waals surface area contributed by atoms with Crippen molar-refractivity contribution in [2.24, 2.45) is 0 Å². The van der Waals surface area contributed by atoms with E-state index in [1.165, 1.54) is 9.71 Å². The Morgan fingerprint density at radius 1 is 0.800 bits per heavy atom. The van der Waals surface area contributed by atoms with E-state index in [1.54, 1.807) is 6.08 Å². The third-order valence-corrected chi connectivity index (χ3v) is 7.62. The molecule has 4 rings (SSSR count). The molecule has 1 unspecified atom stereocenters.